The molecule has 4 rings (SSSR count). The highest BCUT2D eigenvalue weighted by Crippen LogP contribution is 2.27. The Morgan fingerprint density at radius 3 is 2.27 bits per heavy atom. The van der Waals surface area contributed by atoms with Crippen LogP contribution in [0.5, 0.6) is 0 Å². The van der Waals surface area contributed by atoms with Gasteiger partial charge in [-0.1, -0.05) is 37.3 Å². The van der Waals surface area contributed by atoms with Crippen molar-refractivity contribution in [2.45, 2.75) is 45.6 Å². The largest absolute Gasteiger partial charge is 0.358 e. The van der Waals surface area contributed by atoms with Gasteiger partial charge in [-0.15, -0.1) is 0 Å². The minimum Gasteiger partial charge on any atom is -0.358 e. The summed E-state index contributed by atoms with van der Waals surface area (Å²) < 4.78 is 0. The number of hydrogen-bond donors (Lipinski definition) is 2. The summed E-state index contributed by atoms with van der Waals surface area (Å²) >= 11 is 5.52. The molecule has 2 aliphatic rings. The molecule has 2 fully saturated rings. The van der Waals surface area contributed by atoms with Crippen LogP contribution in [-0.2, 0) is 6.54 Å². The Kier molecular flexibility index (Phi) is 7.00. The number of nitrogens with one attached hydrogen (secondary N) is 2. The first-order chi connectivity index (χ1) is 14.7. The summed E-state index contributed by atoms with van der Waals surface area (Å²) in [5.41, 5.74) is 1.19. The van der Waals surface area contributed by atoms with Gasteiger partial charge in [-0.2, -0.15) is 9.97 Å². The van der Waals surface area contributed by atoms with E-state index in [-0.39, 0.29) is 0 Å². The summed E-state index contributed by atoms with van der Waals surface area (Å²) in [5, 5.41) is 7.04. The summed E-state index contributed by atoms with van der Waals surface area (Å²) in [4.78, 5) is 14.4. The van der Waals surface area contributed by atoms with E-state index < -0.39 is 0 Å². The standard InChI is InChI=1S/C23H32N6S/c1-18-10-14-29(15-11-18)21-16-20(28-12-6-3-7-13-28)25-22(26-21)27-23(30)24-17-19-8-4-2-5-9-19/h2,4-5,8-9,16,18H,3,6-7,10-15,17H2,1H3,(H2,24,25,26,27,30). The van der Waals surface area contributed by atoms with E-state index in [4.69, 9.17) is 22.2 Å². The van der Waals surface area contributed by atoms with Crippen LogP contribution in [0.2, 0.25) is 0 Å². The van der Waals surface area contributed by atoms with Gasteiger partial charge in [-0.05, 0) is 55.8 Å². The molecular formula is C23H32N6S. The molecule has 2 aliphatic heterocycles. The van der Waals surface area contributed by atoms with Gasteiger partial charge in [0.2, 0.25) is 5.95 Å². The highest BCUT2D eigenvalue weighted by Gasteiger charge is 2.21. The van der Waals surface area contributed by atoms with Crippen molar-refractivity contribution >= 4 is 34.9 Å². The maximum atomic E-state index is 5.52. The lowest BCUT2D eigenvalue weighted by Gasteiger charge is -2.33. The van der Waals surface area contributed by atoms with Gasteiger partial charge < -0.3 is 20.4 Å². The molecule has 0 spiro atoms. The molecule has 2 N–H and O–H groups in total. The van der Waals surface area contributed by atoms with Crippen molar-refractivity contribution in [3.63, 3.8) is 0 Å². The average Bonchev–Trinajstić information content (AvgIpc) is 2.79. The Morgan fingerprint density at radius 1 is 0.967 bits per heavy atom. The predicted molar refractivity (Wildman–Crippen MR) is 128 cm³/mol. The second kappa shape index (κ2) is 10.1. The number of nitrogens with zero attached hydrogens (tertiary/aromatic N) is 4. The van der Waals surface area contributed by atoms with Crippen molar-refractivity contribution in [1.82, 2.24) is 15.3 Å². The third-order valence-corrected chi connectivity index (χ3v) is 6.25. The Bertz CT molecular complexity index is 829. The molecule has 1 aromatic carbocycles. The van der Waals surface area contributed by atoms with Crippen LogP contribution < -0.4 is 20.4 Å². The molecule has 160 valence electrons. The fourth-order valence-electron chi connectivity index (χ4n) is 4.09. The maximum absolute atomic E-state index is 5.52. The first-order valence-electron chi connectivity index (χ1n) is 11.1. The van der Waals surface area contributed by atoms with Crippen molar-refractivity contribution in [1.29, 1.82) is 0 Å². The van der Waals surface area contributed by atoms with Crippen LogP contribution in [-0.4, -0.2) is 41.3 Å². The quantitative estimate of drug-likeness (QED) is 0.698. The molecule has 2 aromatic rings. The monoisotopic (exact) mass is 424 g/mol. The molecule has 30 heavy (non-hydrogen) atoms. The van der Waals surface area contributed by atoms with Crippen molar-refractivity contribution in [2.75, 3.05) is 41.3 Å². The number of anilines is 3. The molecular weight excluding hydrogens is 392 g/mol. The zero-order valence-corrected chi connectivity index (χ0v) is 18.6. The summed E-state index contributed by atoms with van der Waals surface area (Å²) in [5.74, 6) is 3.38. The molecule has 0 bridgehead atoms. The zero-order valence-electron chi connectivity index (χ0n) is 17.8. The number of rotatable bonds is 5. The number of piperidine rings is 2. The fraction of sp³-hybridized carbons (Fsp3) is 0.522. The smallest absolute Gasteiger partial charge is 0.232 e. The van der Waals surface area contributed by atoms with Crippen molar-refractivity contribution < 1.29 is 0 Å². The highest BCUT2D eigenvalue weighted by atomic mass is 32.1. The number of thiocarbonyl (C=S) groups is 1. The van der Waals surface area contributed by atoms with Gasteiger partial charge in [0.1, 0.15) is 11.6 Å². The molecule has 1 aromatic heterocycles. The van der Waals surface area contributed by atoms with Crippen LogP contribution in [0.1, 0.15) is 44.6 Å². The van der Waals surface area contributed by atoms with E-state index in [0.717, 1.165) is 43.7 Å². The number of hydrogen-bond acceptors (Lipinski definition) is 5. The number of benzene rings is 1. The Labute approximate surface area is 185 Å². The molecule has 2 saturated heterocycles. The van der Waals surface area contributed by atoms with Gasteiger partial charge in [-0.3, -0.25) is 0 Å². The van der Waals surface area contributed by atoms with Crippen LogP contribution in [0.4, 0.5) is 17.6 Å². The Hall–Kier alpha value is -2.41. The van der Waals surface area contributed by atoms with Crippen molar-refractivity contribution in [3.05, 3.63) is 42.0 Å². The predicted octanol–water partition coefficient (Wildman–Crippen LogP) is 4.19. The van der Waals surface area contributed by atoms with E-state index in [1.165, 1.54) is 37.7 Å². The Morgan fingerprint density at radius 2 is 1.60 bits per heavy atom. The second-order valence-corrected chi connectivity index (χ2v) is 8.83. The van der Waals surface area contributed by atoms with Gasteiger partial charge in [0.05, 0.1) is 0 Å². The van der Waals surface area contributed by atoms with Crippen LogP contribution in [0.3, 0.4) is 0 Å². The molecule has 6 nitrogen and oxygen atoms in total. The van der Waals surface area contributed by atoms with E-state index in [9.17, 15) is 0 Å². The molecule has 0 saturated carbocycles. The lowest BCUT2D eigenvalue weighted by atomic mass is 9.99. The van der Waals surface area contributed by atoms with Gasteiger partial charge in [0.25, 0.3) is 0 Å². The van der Waals surface area contributed by atoms with Gasteiger partial charge >= 0.3 is 0 Å². The molecule has 0 aliphatic carbocycles. The minimum atomic E-state index is 0.549. The maximum Gasteiger partial charge on any atom is 0.232 e. The summed E-state index contributed by atoms with van der Waals surface area (Å²) in [6, 6.07) is 12.4. The van der Waals surface area contributed by atoms with Crippen LogP contribution in [0, 0.1) is 5.92 Å². The topological polar surface area (TPSA) is 56.3 Å². The van der Waals surface area contributed by atoms with Crippen LogP contribution in [0.25, 0.3) is 0 Å². The van der Waals surface area contributed by atoms with E-state index in [1.54, 1.807) is 0 Å². The third kappa shape index (κ3) is 5.59. The lowest BCUT2D eigenvalue weighted by molar-refractivity contribution is 0.436. The summed E-state index contributed by atoms with van der Waals surface area (Å²) in [6.07, 6.45) is 6.17. The lowest BCUT2D eigenvalue weighted by Crippen LogP contribution is -2.35. The minimum absolute atomic E-state index is 0.549. The molecule has 3 heterocycles. The van der Waals surface area contributed by atoms with Crippen molar-refractivity contribution in [3.8, 4) is 0 Å². The van der Waals surface area contributed by atoms with E-state index in [2.05, 4.69) is 45.6 Å². The average molecular weight is 425 g/mol. The molecule has 0 radical (unpaired) electrons. The summed E-state index contributed by atoms with van der Waals surface area (Å²) in [7, 11) is 0. The SMILES string of the molecule is CC1CCN(c2cc(N3CCCCC3)nc(NC(=S)NCc3ccccc3)n2)CC1. The van der Waals surface area contributed by atoms with Crippen LogP contribution >= 0.6 is 12.2 Å². The van der Waals surface area contributed by atoms with Crippen LogP contribution in [0.15, 0.2) is 36.4 Å². The molecule has 0 amide bonds. The normalized spacial score (nSPS) is 17.6. The van der Waals surface area contributed by atoms with Gasteiger partial charge in [0.15, 0.2) is 5.11 Å². The van der Waals surface area contributed by atoms with E-state index >= 15 is 0 Å². The zero-order chi connectivity index (χ0) is 20.8. The van der Waals surface area contributed by atoms with Gasteiger partial charge in [0, 0.05) is 38.8 Å². The fourth-order valence-corrected chi connectivity index (χ4v) is 4.25. The number of aromatic nitrogens is 2. The van der Waals surface area contributed by atoms with Gasteiger partial charge in [-0.25, -0.2) is 0 Å². The summed E-state index contributed by atoms with van der Waals surface area (Å²) in [6.45, 7) is 7.23. The molecule has 0 unspecified atom stereocenters. The highest BCUT2D eigenvalue weighted by molar-refractivity contribution is 7.80. The first-order valence-corrected chi connectivity index (χ1v) is 11.6. The molecule has 0 atom stereocenters. The first kappa shape index (κ1) is 20.8. The Balaban J connectivity index is 1.48. The van der Waals surface area contributed by atoms with E-state index in [0.29, 0.717) is 17.6 Å². The second-order valence-electron chi connectivity index (χ2n) is 8.42. The molecule has 7 heteroatoms. The third-order valence-electron chi connectivity index (χ3n) is 6.01. The van der Waals surface area contributed by atoms with E-state index in [1.807, 2.05) is 18.2 Å². The van der Waals surface area contributed by atoms with Crippen molar-refractivity contribution in [2.24, 2.45) is 5.92 Å².